The lowest BCUT2D eigenvalue weighted by atomic mass is 10.1. The number of carbonyl (C=O) groups is 1. The molecule has 1 amide bonds. The van der Waals surface area contributed by atoms with Crippen LogP contribution in [0.2, 0.25) is 0 Å². The Labute approximate surface area is 122 Å². The molecule has 0 saturated heterocycles. The fourth-order valence-electron chi connectivity index (χ4n) is 1.98. The van der Waals surface area contributed by atoms with Gasteiger partial charge in [-0.25, -0.2) is 0 Å². The van der Waals surface area contributed by atoms with E-state index in [4.69, 9.17) is 4.74 Å². The minimum Gasteiger partial charge on any atom is -0.494 e. The lowest BCUT2D eigenvalue weighted by Gasteiger charge is -2.17. The third-order valence-corrected chi connectivity index (χ3v) is 2.88. The van der Waals surface area contributed by atoms with Gasteiger partial charge in [-0.2, -0.15) is 0 Å². The largest absolute Gasteiger partial charge is 0.494 e. The van der Waals surface area contributed by atoms with Crippen LogP contribution in [0, 0.1) is 5.92 Å². The summed E-state index contributed by atoms with van der Waals surface area (Å²) in [5.74, 6) is 1.21. The molecule has 0 fully saturated rings. The highest BCUT2D eigenvalue weighted by atomic mass is 16.5. The summed E-state index contributed by atoms with van der Waals surface area (Å²) in [4.78, 5) is 14.1. The molecule has 0 unspecified atom stereocenters. The van der Waals surface area contributed by atoms with Gasteiger partial charge in [0, 0.05) is 18.7 Å². The van der Waals surface area contributed by atoms with Crippen LogP contribution in [0.1, 0.15) is 30.6 Å². The number of benzene rings is 1. The molecule has 1 N–H and O–H groups in total. The topological polar surface area (TPSA) is 41.6 Å². The highest BCUT2D eigenvalue weighted by molar-refractivity contribution is 5.94. The Morgan fingerprint density at radius 3 is 2.50 bits per heavy atom. The zero-order valence-electron chi connectivity index (χ0n) is 13.0. The molecule has 0 heterocycles. The number of nitrogens with zero attached hydrogens (tertiary/aromatic N) is 1. The molecule has 0 aliphatic carbocycles. The summed E-state index contributed by atoms with van der Waals surface area (Å²) >= 11 is 0. The molecule has 4 heteroatoms. The molecular weight excluding hydrogens is 252 g/mol. The van der Waals surface area contributed by atoms with E-state index < -0.39 is 0 Å². The Hall–Kier alpha value is -1.55. The van der Waals surface area contributed by atoms with Crippen LogP contribution in [0.15, 0.2) is 24.3 Å². The molecule has 1 aromatic carbocycles. The van der Waals surface area contributed by atoms with E-state index in [1.807, 2.05) is 26.2 Å². The van der Waals surface area contributed by atoms with Crippen molar-refractivity contribution in [2.75, 3.05) is 33.8 Å². The minimum atomic E-state index is -0.0300. The Bertz CT molecular complexity index is 401. The zero-order valence-corrected chi connectivity index (χ0v) is 13.0. The standard InChI is InChI=1S/C16H26N2O2/c1-5-10-20-15-8-6-14(7-9-15)16(19)17-11-13(2)12-18(3)4/h6-9,13H,5,10-12H2,1-4H3,(H,17,19)/t13-/m1/s1. The van der Waals surface area contributed by atoms with Gasteiger partial charge in [-0.15, -0.1) is 0 Å². The number of nitrogens with one attached hydrogen (secondary N) is 1. The minimum absolute atomic E-state index is 0.0300. The van der Waals surface area contributed by atoms with Crippen LogP contribution < -0.4 is 10.1 Å². The van der Waals surface area contributed by atoms with Crippen LogP contribution >= 0.6 is 0 Å². The first-order valence-corrected chi connectivity index (χ1v) is 7.18. The van der Waals surface area contributed by atoms with Crippen molar-refractivity contribution in [2.45, 2.75) is 20.3 Å². The van der Waals surface area contributed by atoms with Crippen molar-refractivity contribution in [3.63, 3.8) is 0 Å². The van der Waals surface area contributed by atoms with Gasteiger partial charge in [0.25, 0.3) is 5.91 Å². The van der Waals surface area contributed by atoms with Crippen LogP contribution in [-0.2, 0) is 0 Å². The van der Waals surface area contributed by atoms with Crippen LogP contribution in [-0.4, -0.2) is 44.6 Å². The molecule has 4 nitrogen and oxygen atoms in total. The average Bonchev–Trinajstić information content (AvgIpc) is 2.42. The number of hydrogen-bond acceptors (Lipinski definition) is 3. The van der Waals surface area contributed by atoms with Gasteiger partial charge in [0.05, 0.1) is 6.61 Å². The van der Waals surface area contributed by atoms with E-state index in [1.54, 1.807) is 12.1 Å². The maximum Gasteiger partial charge on any atom is 0.251 e. The SMILES string of the molecule is CCCOc1ccc(C(=O)NC[C@@H](C)CN(C)C)cc1. The number of ether oxygens (including phenoxy) is 1. The quantitative estimate of drug-likeness (QED) is 0.794. The number of hydrogen-bond donors (Lipinski definition) is 1. The molecule has 1 rings (SSSR count). The van der Waals surface area contributed by atoms with Crippen molar-refractivity contribution in [1.82, 2.24) is 10.2 Å². The second-order valence-corrected chi connectivity index (χ2v) is 5.45. The summed E-state index contributed by atoms with van der Waals surface area (Å²) < 4.78 is 5.49. The van der Waals surface area contributed by atoms with Crippen molar-refractivity contribution in [2.24, 2.45) is 5.92 Å². The third kappa shape index (κ3) is 6.06. The normalized spacial score (nSPS) is 12.2. The molecular formula is C16H26N2O2. The maximum absolute atomic E-state index is 12.0. The van der Waals surface area contributed by atoms with Gasteiger partial charge in [0.1, 0.15) is 5.75 Å². The van der Waals surface area contributed by atoms with Crippen LogP contribution in [0.3, 0.4) is 0 Å². The van der Waals surface area contributed by atoms with Gasteiger partial charge in [-0.1, -0.05) is 13.8 Å². The lowest BCUT2D eigenvalue weighted by Crippen LogP contribution is -2.32. The maximum atomic E-state index is 12.0. The van der Waals surface area contributed by atoms with Crippen molar-refractivity contribution < 1.29 is 9.53 Å². The van der Waals surface area contributed by atoms with E-state index in [0.717, 1.165) is 18.7 Å². The first-order chi connectivity index (χ1) is 9.52. The number of amides is 1. The van der Waals surface area contributed by atoms with E-state index in [2.05, 4.69) is 24.1 Å². The van der Waals surface area contributed by atoms with E-state index in [0.29, 0.717) is 24.6 Å². The Morgan fingerprint density at radius 1 is 1.30 bits per heavy atom. The zero-order chi connectivity index (χ0) is 15.0. The van der Waals surface area contributed by atoms with Crippen LogP contribution in [0.5, 0.6) is 5.75 Å². The Balaban J connectivity index is 2.43. The van der Waals surface area contributed by atoms with E-state index >= 15 is 0 Å². The fourth-order valence-corrected chi connectivity index (χ4v) is 1.98. The molecule has 0 aliphatic rings. The second-order valence-electron chi connectivity index (χ2n) is 5.45. The van der Waals surface area contributed by atoms with Gasteiger partial charge in [-0.3, -0.25) is 4.79 Å². The van der Waals surface area contributed by atoms with Gasteiger partial charge >= 0.3 is 0 Å². The summed E-state index contributed by atoms with van der Waals surface area (Å²) in [5, 5.41) is 2.96. The van der Waals surface area contributed by atoms with E-state index in [1.165, 1.54) is 0 Å². The predicted molar refractivity (Wildman–Crippen MR) is 82.3 cm³/mol. The summed E-state index contributed by atoms with van der Waals surface area (Å²) in [6, 6.07) is 7.29. The van der Waals surface area contributed by atoms with Gasteiger partial charge in [0.15, 0.2) is 0 Å². The molecule has 0 spiro atoms. The molecule has 1 aromatic rings. The van der Waals surface area contributed by atoms with Crippen molar-refractivity contribution in [3.05, 3.63) is 29.8 Å². The van der Waals surface area contributed by atoms with Crippen molar-refractivity contribution in [3.8, 4) is 5.75 Å². The molecule has 1 atom stereocenters. The van der Waals surface area contributed by atoms with Gasteiger partial charge in [-0.05, 0) is 50.7 Å². The molecule has 0 aromatic heterocycles. The summed E-state index contributed by atoms with van der Waals surface area (Å²) in [7, 11) is 4.07. The van der Waals surface area contributed by atoms with Crippen molar-refractivity contribution in [1.29, 1.82) is 0 Å². The number of rotatable bonds is 8. The first-order valence-electron chi connectivity index (χ1n) is 7.18. The smallest absolute Gasteiger partial charge is 0.251 e. The molecule has 0 bridgehead atoms. The van der Waals surface area contributed by atoms with Crippen molar-refractivity contribution >= 4 is 5.91 Å². The van der Waals surface area contributed by atoms with Gasteiger partial charge in [0.2, 0.25) is 0 Å². The van der Waals surface area contributed by atoms with Crippen LogP contribution in [0.4, 0.5) is 0 Å². The Kier molecular flexibility index (Phi) is 7.09. The van der Waals surface area contributed by atoms with E-state index in [9.17, 15) is 4.79 Å². The molecule has 112 valence electrons. The fraction of sp³-hybridized carbons (Fsp3) is 0.562. The summed E-state index contributed by atoms with van der Waals surface area (Å²) in [6.07, 6.45) is 0.978. The highest BCUT2D eigenvalue weighted by Gasteiger charge is 2.08. The average molecular weight is 278 g/mol. The molecule has 20 heavy (non-hydrogen) atoms. The van der Waals surface area contributed by atoms with Crippen LogP contribution in [0.25, 0.3) is 0 Å². The molecule has 0 saturated carbocycles. The molecule has 0 radical (unpaired) electrons. The monoisotopic (exact) mass is 278 g/mol. The highest BCUT2D eigenvalue weighted by Crippen LogP contribution is 2.12. The molecule has 0 aliphatic heterocycles. The third-order valence-electron chi connectivity index (χ3n) is 2.88. The second kappa shape index (κ2) is 8.59. The summed E-state index contributed by atoms with van der Waals surface area (Å²) in [5.41, 5.74) is 0.672. The lowest BCUT2D eigenvalue weighted by molar-refractivity contribution is 0.0946. The van der Waals surface area contributed by atoms with Gasteiger partial charge < -0.3 is 15.0 Å². The predicted octanol–water partition coefficient (Wildman–Crippen LogP) is 2.40. The summed E-state index contributed by atoms with van der Waals surface area (Å²) in [6.45, 7) is 6.54. The van der Waals surface area contributed by atoms with E-state index in [-0.39, 0.29) is 5.91 Å². The number of carbonyl (C=O) groups excluding carboxylic acids is 1. The first kappa shape index (κ1) is 16.5. The Morgan fingerprint density at radius 2 is 1.95 bits per heavy atom.